The van der Waals surface area contributed by atoms with Crippen LogP contribution in [0.4, 0.5) is 0 Å². The van der Waals surface area contributed by atoms with Gasteiger partial charge in [-0.1, -0.05) is 6.07 Å². The molecule has 1 aliphatic rings. The third kappa shape index (κ3) is 2.56. The Hall–Kier alpha value is -1.75. The molecular formula is C13H17NO4. The van der Waals surface area contributed by atoms with Crippen molar-refractivity contribution in [3.8, 4) is 11.5 Å². The Morgan fingerprint density at radius 2 is 2.11 bits per heavy atom. The third-order valence-electron chi connectivity index (χ3n) is 2.87. The van der Waals surface area contributed by atoms with Crippen LogP contribution in [-0.4, -0.2) is 25.4 Å². The van der Waals surface area contributed by atoms with Gasteiger partial charge in [0, 0.05) is 6.54 Å². The number of carbonyl (C=O) groups is 1. The van der Waals surface area contributed by atoms with Crippen LogP contribution in [0.2, 0.25) is 0 Å². The van der Waals surface area contributed by atoms with Crippen molar-refractivity contribution in [2.45, 2.75) is 25.9 Å². The predicted octanol–water partition coefficient (Wildman–Crippen LogP) is 1.46. The van der Waals surface area contributed by atoms with E-state index in [0.717, 1.165) is 17.1 Å². The average Bonchev–Trinajstić information content (AvgIpc) is 2.82. The zero-order valence-electron chi connectivity index (χ0n) is 10.8. The minimum Gasteiger partial charge on any atom is -0.468 e. The fraction of sp³-hybridized carbons (Fsp3) is 0.462. The summed E-state index contributed by atoms with van der Waals surface area (Å²) < 4.78 is 15.3. The molecular weight excluding hydrogens is 234 g/mol. The van der Waals surface area contributed by atoms with Crippen LogP contribution in [0.25, 0.3) is 0 Å². The molecule has 5 nitrogen and oxygen atoms in total. The summed E-state index contributed by atoms with van der Waals surface area (Å²) in [7, 11) is 1.38. The molecule has 0 amide bonds. The number of esters is 1. The van der Waals surface area contributed by atoms with Gasteiger partial charge < -0.3 is 14.2 Å². The Morgan fingerprint density at radius 1 is 1.39 bits per heavy atom. The predicted molar refractivity (Wildman–Crippen MR) is 65.5 cm³/mol. The van der Waals surface area contributed by atoms with E-state index in [0.29, 0.717) is 6.54 Å². The summed E-state index contributed by atoms with van der Waals surface area (Å²) in [4.78, 5) is 11.5. The highest BCUT2D eigenvalue weighted by Gasteiger charge is 2.27. The highest BCUT2D eigenvalue weighted by atomic mass is 16.7. The van der Waals surface area contributed by atoms with Crippen LogP contribution in [0.1, 0.15) is 19.4 Å². The summed E-state index contributed by atoms with van der Waals surface area (Å²) in [6, 6.07) is 5.71. The van der Waals surface area contributed by atoms with E-state index in [-0.39, 0.29) is 12.8 Å². The first-order valence-electron chi connectivity index (χ1n) is 5.75. The molecule has 1 N–H and O–H groups in total. The van der Waals surface area contributed by atoms with Crippen LogP contribution in [0.3, 0.4) is 0 Å². The highest BCUT2D eigenvalue weighted by molar-refractivity contribution is 5.79. The summed E-state index contributed by atoms with van der Waals surface area (Å²) in [5.74, 6) is 1.21. The first-order chi connectivity index (χ1) is 8.53. The SMILES string of the molecule is COC(=O)C(C)(C)NCc1ccc2c(c1)OCO2. The Bertz CT molecular complexity index is 456. The van der Waals surface area contributed by atoms with Crippen molar-refractivity contribution in [1.82, 2.24) is 5.32 Å². The van der Waals surface area contributed by atoms with Crippen LogP contribution in [-0.2, 0) is 16.1 Å². The number of benzene rings is 1. The van der Waals surface area contributed by atoms with Gasteiger partial charge in [0.1, 0.15) is 5.54 Å². The smallest absolute Gasteiger partial charge is 0.325 e. The maximum Gasteiger partial charge on any atom is 0.325 e. The molecule has 0 fully saturated rings. The van der Waals surface area contributed by atoms with E-state index in [9.17, 15) is 4.79 Å². The average molecular weight is 251 g/mol. The van der Waals surface area contributed by atoms with E-state index in [4.69, 9.17) is 14.2 Å². The molecule has 0 aromatic heterocycles. The summed E-state index contributed by atoms with van der Waals surface area (Å²) in [5.41, 5.74) is 0.307. The Labute approximate surface area is 106 Å². The van der Waals surface area contributed by atoms with Crippen LogP contribution in [0, 0.1) is 0 Å². The quantitative estimate of drug-likeness (QED) is 0.821. The maximum absolute atomic E-state index is 11.5. The van der Waals surface area contributed by atoms with Crippen molar-refractivity contribution in [3.63, 3.8) is 0 Å². The molecule has 1 aromatic carbocycles. The highest BCUT2D eigenvalue weighted by Crippen LogP contribution is 2.32. The lowest BCUT2D eigenvalue weighted by molar-refractivity contribution is -0.147. The number of ether oxygens (including phenoxy) is 3. The van der Waals surface area contributed by atoms with Gasteiger partial charge in [-0.3, -0.25) is 10.1 Å². The number of hydrogen-bond donors (Lipinski definition) is 1. The normalized spacial score (nSPS) is 13.5. The van der Waals surface area contributed by atoms with Gasteiger partial charge in [0.05, 0.1) is 7.11 Å². The number of methoxy groups -OCH3 is 1. The molecule has 1 aliphatic heterocycles. The summed E-state index contributed by atoms with van der Waals surface area (Å²) in [6.45, 7) is 4.39. The first kappa shape index (κ1) is 12.7. The van der Waals surface area contributed by atoms with Gasteiger partial charge in [0.15, 0.2) is 11.5 Å². The van der Waals surface area contributed by atoms with E-state index < -0.39 is 5.54 Å². The molecule has 5 heteroatoms. The van der Waals surface area contributed by atoms with Gasteiger partial charge in [0.25, 0.3) is 0 Å². The van der Waals surface area contributed by atoms with Gasteiger partial charge in [-0.2, -0.15) is 0 Å². The number of fused-ring (bicyclic) bond motifs is 1. The fourth-order valence-corrected chi connectivity index (χ4v) is 1.70. The third-order valence-corrected chi connectivity index (χ3v) is 2.87. The Kier molecular flexibility index (Phi) is 3.43. The maximum atomic E-state index is 11.5. The largest absolute Gasteiger partial charge is 0.468 e. The number of carbonyl (C=O) groups excluding carboxylic acids is 1. The van der Waals surface area contributed by atoms with Crippen molar-refractivity contribution >= 4 is 5.97 Å². The molecule has 0 atom stereocenters. The van der Waals surface area contributed by atoms with Crippen LogP contribution < -0.4 is 14.8 Å². The lowest BCUT2D eigenvalue weighted by atomic mass is 10.1. The van der Waals surface area contributed by atoms with Crippen LogP contribution in [0.5, 0.6) is 11.5 Å². The van der Waals surface area contributed by atoms with Crippen molar-refractivity contribution in [2.75, 3.05) is 13.9 Å². The fourth-order valence-electron chi connectivity index (χ4n) is 1.70. The van der Waals surface area contributed by atoms with Crippen molar-refractivity contribution < 1.29 is 19.0 Å². The van der Waals surface area contributed by atoms with E-state index in [1.54, 1.807) is 13.8 Å². The van der Waals surface area contributed by atoms with E-state index in [2.05, 4.69) is 5.32 Å². The minimum absolute atomic E-state index is 0.264. The topological polar surface area (TPSA) is 56.8 Å². The molecule has 98 valence electrons. The molecule has 1 aromatic rings. The zero-order valence-corrected chi connectivity index (χ0v) is 10.8. The summed E-state index contributed by atoms with van der Waals surface area (Å²) >= 11 is 0. The van der Waals surface area contributed by atoms with Gasteiger partial charge in [-0.25, -0.2) is 0 Å². The molecule has 18 heavy (non-hydrogen) atoms. The molecule has 0 spiro atoms. The second-order valence-corrected chi connectivity index (χ2v) is 4.66. The second-order valence-electron chi connectivity index (χ2n) is 4.66. The lowest BCUT2D eigenvalue weighted by Gasteiger charge is -2.23. The lowest BCUT2D eigenvalue weighted by Crippen LogP contribution is -2.46. The second kappa shape index (κ2) is 4.86. The summed E-state index contributed by atoms with van der Waals surface area (Å²) in [6.07, 6.45) is 0. The Balaban J connectivity index is 2.00. The summed E-state index contributed by atoms with van der Waals surface area (Å²) in [5, 5.41) is 3.15. The van der Waals surface area contributed by atoms with Crippen LogP contribution in [0.15, 0.2) is 18.2 Å². The minimum atomic E-state index is -0.717. The van der Waals surface area contributed by atoms with Gasteiger partial charge in [-0.15, -0.1) is 0 Å². The standard InChI is InChI=1S/C13H17NO4/c1-13(2,12(15)16-3)14-7-9-4-5-10-11(6-9)18-8-17-10/h4-6,14H,7-8H2,1-3H3. The molecule has 0 saturated heterocycles. The Morgan fingerprint density at radius 3 is 2.83 bits per heavy atom. The molecule has 0 unspecified atom stereocenters. The number of rotatable bonds is 4. The molecule has 0 aliphatic carbocycles. The van der Waals surface area contributed by atoms with Gasteiger partial charge >= 0.3 is 5.97 Å². The molecule has 1 heterocycles. The monoisotopic (exact) mass is 251 g/mol. The van der Waals surface area contributed by atoms with Gasteiger partial charge in [0.2, 0.25) is 6.79 Å². The first-order valence-corrected chi connectivity index (χ1v) is 5.75. The van der Waals surface area contributed by atoms with E-state index >= 15 is 0 Å². The molecule has 2 rings (SSSR count). The molecule has 0 bridgehead atoms. The zero-order chi connectivity index (χ0) is 13.2. The van der Waals surface area contributed by atoms with Crippen molar-refractivity contribution in [2.24, 2.45) is 0 Å². The molecule has 0 saturated carbocycles. The van der Waals surface area contributed by atoms with Gasteiger partial charge in [-0.05, 0) is 31.5 Å². The van der Waals surface area contributed by atoms with Crippen molar-refractivity contribution in [3.05, 3.63) is 23.8 Å². The van der Waals surface area contributed by atoms with Crippen molar-refractivity contribution in [1.29, 1.82) is 0 Å². The number of hydrogen-bond acceptors (Lipinski definition) is 5. The van der Waals surface area contributed by atoms with E-state index in [1.807, 2.05) is 18.2 Å². The molecule has 0 radical (unpaired) electrons. The van der Waals surface area contributed by atoms with Crippen LogP contribution >= 0.6 is 0 Å². The number of nitrogens with one attached hydrogen (secondary N) is 1. The van der Waals surface area contributed by atoms with E-state index in [1.165, 1.54) is 7.11 Å².